The van der Waals surface area contributed by atoms with Crippen LogP contribution in [-0.4, -0.2) is 36.5 Å². The number of carbonyl (C=O) groups is 1. The van der Waals surface area contributed by atoms with E-state index in [2.05, 4.69) is 5.32 Å². The molecular weight excluding hydrogens is 219 g/mol. The second kappa shape index (κ2) is 5.27. The molecule has 0 aliphatic carbocycles. The van der Waals surface area contributed by atoms with Crippen LogP contribution in [0.5, 0.6) is 0 Å². The first kappa shape index (κ1) is 12.0. The SMILES string of the molecule is C[C@H]1CNCCN1C(=O)Cc1cccc(F)c1. The molecule has 1 saturated heterocycles. The Labute approximate surface area is 101 Å². The summed E-state index contributed by atoms with van der Waals surface area (Å²) in [5.74, 6) is -0.215. The molecule has 0 spiro atoms. The zero-order valence-corrected chi connectivity index (χ0v) is 9.95. The average molecular weight is 236 g/mol. The molecule has 2 rings (SSSR count). The molecule has 1 amide bonds. The third kappa shape index (κ3) is 3.03. The summed E-state index contributed by atoms with van der Waals surface area (Å²) in [6.07, 6.45) is 0.280. The van der Waals surface area contributed by atoms with Gasteiger partial charge in [-0.3, -0.25) is 4.79 Å². The number of hydrogen-bond donors (Lipinski definition) is 1. The van der Waals surface area contributed by atoms with Crippen molar-refractivity contribution < 1.29 is 9.18 Å². The minimum atomic E-state index is -0.288. The lowest BCUT2D eigenvalue weighted by molar-refractivity contribution is -0.133. The molecule has 0 saturated carbocycles. The molecule has 92 valence electrons. The van der Waals surface area contributed by atoms with Crippen LogP contribution in [0.4, 0.5) is 4.39 Å². The smallest absolute Gasteiger partial charge is 0.227 e. The van der Waals surface area contributed by atoms with Crippen molar-refractivity contribution in [2.24, 2.45) is 0 Å². The van der Waals surface area contributed by atoms with Crippen LogP contribution in [0.25, 0.3) is 0 Å². The summed E-state index contributed by atoms with van der Waals surface area (Å²) in [5, 5.41) is 3.24. The van der Waals surface area contributed by atoms with Crippen LogP contribution in [0, 0.1) is 5.82 Å². The van der Waals surface area contributed by atoms with Crippen molar-refractivity contribution in [3.8, 4) is 0 Å². The minimum Gasteiger partial charge on any atom is -0.337 e. The lowest BCUT2D eigenvalue weighted by Gasteiger charge is -2.34. The molecule has 0 bridgehead atoms. The van der Waals surface area contributed by atoms with E-state index in [9.17, 15) is 9.18 Å². The summed E-state index contributed by atoms with van der Waals surface area (Å²) in [6.45, 7) is 4.42. The topological polar surface area (TPSA) is 32.3 Å². The van der Waals surface area contributed by atoms with Gasteiger partial charge in [0.05, 0.1) is 6.42 Å². The van der Waals surface area contributed by atoms with E-state index in [1.165, 1.54) is 12.1 Å². The molecule has 4 heteroatoms. The van der Waals surface area contributed by atoms with Crippen LogP contribution in [0.15, 0.2) is 24.3 Å². The molecule has 0 aromatic heterocycles. The molecule has 1 heterocycles. The van der Waals surface area contributed by atoms with Crippen LogP contribution in [0.3, 0.4) is 0 Å². The first-order valence-electron chi connectivity index (χ1n) is 5.91. The molecule has 1 N–H and O–H groups in total. The molecule has 1 aromatic rings. The fourth-order valence-electron chi connectivity index (χ4n) is 2.13. The first-order valence-corrected chi connectivity index (χ1v) is 5.91. The normalized spacial score (nSPS) is 20.4. The van der Waals surface area contributed by atoms with Crippen molar-refractivity contribution in [3.05, 3.63) is 35.6 Å². The molecule has 3 nitrogen and oxygen atoms in total. The molecule has 1 aliphatic rings. The highest BCUT2D eigenvalue weighted by molar-refractivity contribution is 5.79. The van der Waals surface area contributed by atoms with Crippen molar-refractivity contribution >= 4 is 5.91 Å². The second-order valence-electron chi connectivity index (χ2n) is 4.45. The van der Waals surface area contributed by atoms with Crippen molar-refractivity contribution in [2.45, 2.75) is 19.4 Å². The van der Waals surface area contributed by atoms with Crippen molar-refractivity contribution in [1.82, 2.24) is 10.2 Å². The quantitative estimate of drug-likeness (QED) is 0.836. The summed E-state index contributed by atoms with van der Waals surface area (Å²) in [6, 6.07) is 6.45. The van der Waals surface area contributed by atoms with Gasteiger partial charge in [0.25, 0.3) is 0 Å². The Balaban J connectivity index is 2.01. The third-order valence-corrected chi connectivity index (χ3v) is 3.07. The van der Waals surface area contributed by atoms with Gasteiger partial charge in [0, 0.05) is 25.7 Å². The highest BCUT2D eigenvalue weighted by Crippen LogP contribution is 2.09. The molecular formula is C13H17FN2O. The average Bonchev–Trinajstić information content (AvgIpc) is 2.29. The van der Waals surface area contributed by atoms with E-state index in [0.717, 1.165) is 25.2 Å². The molecule has 0 radical (unpaired) electrons. The van der Waals surface area contributed by atoms with E-state index < -0.39 is 0 Å². The van der Waals surface area contributed by atoms with Gasteiger partial charge in [-0.1, -0.05) is 12.1 Å². The van der Waals surface area contributed by atoms with Gasteiger partial charge in [0.15, 0.2) is 0 Å². The summed E-state index contributed by atoms with van der Waals surface area (Å²) in [5.41, 5.74) is 0.737. The van der Waals surface area contributed by atoms with Gasteiger partial charge in [-0.05, 0) is 24.6 Å². The number of amides is 1. The number of hydrogen-bond acceptors (Lipinski definition) is 2. The predicted octanol–water partition coefficient (Wildman–Crippen LogP) is 1.19. The lowest BCUT2D eigenvalue weighted by atomic mass is 10.1. The molecule has 0 unspecified atom stereocenters. The van der Waals surface area contributed by atoms with E-state index in [4.69, 9.17) is 0 Å². The summed E-state index contributed by atoms with van der Waals surface area (Å²) >= 11 is 0. The number of halogens is 1. The van der Waals surface area contributed by atoms with Gasteiger partial charge < -0.3 is 10.2 Å². The fourth-order valence-corrected chi connectivity index (χ4v) is 2.13. The number of carbonyl (C=O) groups excluding carboxylic acids is 1. The number of nitrogens with one attached hydrogen (secondary N) is 1. The van der Waals surface area contributed by atoms with Crippen LogP contribution in [0.1, 0.15) is 12.5 Å². The van der Waals surface area contributed by atoms with Crippen LogP contribution in [-0.2, 0) is 11.2 Å². The number of nitrogens with zero attached hydrogens (tertiary/aromatic N) is 1. The van der Waals surface area contributed by atoms with Gasteiger partial charge in [-0.2, -0.15) is 0 Å². The van der Waals surface area contributed by atoms with E-state index >= 15 is 0 Å². The number of rotatable bonds is 2. The van der Waals surface area contributed by atoms with E-state index in [1.54, 1.807) is 12.1 Å². The van der Waals surface area contributed by atoms with Gasteiger partial charge in [0.1, 0.15) is 5.82 Å². The maximum absolute atomic E-state index is 13.0. The van der Waals surface area contributed by atoms with E-state index in [1.807, 2.05) is 11.8 Å². The monoisotopic (exact) mass is 236 g/mol. The Morgan fingerprint density at radius 2 is 2.41 bits per heavy atom. The van der Waals surface area contributed by atoms with Gasteiger partial charge in [-0.15, -0.1) is 0 Å². The zero-order chi connectivity index (χ0) is 12.3. The van der Waals surface area contributed by atoms with Crippen molar-refractivity contribution in [1.29, 1.82) is 0 Å². The van der Waals surface area contributed by atoms with Gasteiger partial charge >= 0.3 is 0 Å². The van der Waals surface area contributed by atoms with Crippen LogP contribution in [0.2, 0.25) is 0 Å². The Bertz CT molecular complexity index is 408. The highest BCUT2D eigenvalue weighted by atomic mass is 19.1. The zero-order valence-electron chi connectivity index (χ0n) is 9.95. The Morgan fingerprint density at radius 1 is 1.59 bits per heavy atom. The Kier molecular flexibility index (Phi) is 3.74. The maximum Gasteiger partial charge on any atom is 0.227 e. The van der Waals surface area contributed by atoms with Crippen molar-refractivity contribution in [2.75, 3.05) is 19.6 Å². The molecule has 1 aliphatic heterocycles. The Hall–Kier alpha value is -1.42. The van der Waals surface area contributed by atoms with Crippen molar-refractivity contribution in [3.63, 3.8) is 0 Å². The largest absolute Gasteiger partial charge is 0.337 e. The maximum atomic E-state index is 13.0. The third-order valence-electron chi connectivity index (χ3n) is 3.07. The van der Waals surface area contributed by atoms with Gasteiger partial charge in [0.2, 0.25) is 5.91 Å². The highest BCUT2D eigenvalue weighted by Gasteiger charge is 2.22. The van der Waals surface area contributed by atoms with Crippen LogP contribution >= 0.6 is 0 Å². The number of piperazine rings is 1. The first-order chi connectivity index (χ1) is 8.16. The minimum absolute atomic E-state index is 0.0737. The molecule has 17 heavy (non-hydrogen) atoms. The van der Waals surface area contributed by atoms with E-state index in [-0.39, 0.29) is 24.2 Å². The van der Waals surface area contributed by atoms with E-state index in [0.29, 0.717) is 0 Å². The lowest BCUT2D eigenvalue weighted by Crippen LogP contribution is -2.52. The molecule has 1 fully saturated rings. The van der Waals surface area contributed by atoms with Gasteiger partial charge in [-0.25, -0.2) is 4.39 Å². The Morgan fingerprint density at radius 3 is 3.12 bits per heavy atom. The summed E-state index contributed by atoms with van der Waals surface area (Å²) in [4.78, 5) is 13.9. The summed E-state index contributed by atoms with van der Waals surface area (Å²) < 4.78 is 13.0. The molecule has 1 aromatic carbocycles. The predicted molar refractivity (Wildman–Crippen MR) is 64.1 cm³/mol. The van der Waals surface area contributed by atoms with Crippen LogP contribution < -0.4 is 5.32 Å². The second-order valence-corrected chi connectivity index (χ2v) is 4.45. The standard InChI is InChI=1S/C13H17FN2O/c1-10-9-15-5-6-16(10)13(17)8-11-3-2-4-12(14)7-11/h2-4,7,10,15H,5-6,8-9H2,1H3/t10-/m0/s1. The fraction of sp³-hybridized carbons (Fsp3) is 0.462. The molecule has 1 atom stereocenters. The summed E-state index contributed by atoms with van der Waals surface area (Å²) in [7, 11) is 0. The number of benzene rings is 1.